The number of hydrogen-bond acceptors (Lipinski definition) is 3. The van der Waals surface area contributed by atoms with Crippen LogP contribution in [0, 0.1) is 13.8 Å². The van der Waals surface area contributed by atoms with Crippen molar-refractivity contribution in [2.45, 2.75) is 27.0 Å². The van der Waals surface area contributed by atoms with Crippen LogP contribution in [-0.4, -0.2) is 20.6 Å². The molecule has 0 saturated heterocycles. The second kappa shape index (κ2) is 10.3. The largest absolute Gasteiger partial charge is 0.489 e. The Kier molecular flexibility index (Phi) is 6.92. The predicted molar refractivity (Wildman–Crippen MR) is 148 cm³/mol. The lowest BCUT2D eigenvalue weighted by Gasteiger charge is -2.13. The first-order chi connectivity index (χ1) is 17.8. The molecule has 0 aliphatic carbocycles. The molecule has 0 aliphatic heterocycles. The van der Waals surface area contributed by atoms with Gasteiger partial charge in [0.05, 0.1) is 23.1 Å². The lowest BCUT2D eigenvalue weighted by Crippen LogP contribution is -2.06. The van der Waals surface area contributed by atoms with Crippen molar-refractivity contribution in [2.24, 2.45) is 0 Å². The molecule has 0 radical (unpaired) electrons. The molecule has 0 unspecified atom stereocenters. The van der Waals surface area contributed by atoms with Gasteiger partial charge in [-0.3, -0.25) is 0 Å². The fraction of sp³-hybridized carbons (Fsp3) is 0.133. The van der Waals surface area contributed by atoms with Gasteiger partial charge in [0.15, 0.2) is 0 Å². The molecule has 0 aliphatic rings. The normalized spacial score (nSPS) is 11.1. The van der Waals surface area contributed by atoms with Crippen molar-refractivity contribution >= 4 is 40.2 Å². The number of aromatic nitrogens is 2. The van der Waals surface area contributed by atoms with Crippen LogP contribution in [0.2, 0.25) is 10.0 Å². The molecule has 0 spiro atoms. The molecule has 186 valence electrons. The van der Waals surface area contributed by atoms with Crippen LogP contribution in [0.1, 0.15) is 32.9 Å². The predicted octanol–water partition coefficient (Wildman–Crippen LogP) is 7.95. The summed E-state index contributed by atoms with van der Waals surface area (Å²) in [6.45, 7) is 4.61. The molecular weight excluding hydrogens is 507 g/mol. The zero-order valence-electron chi connectivity index (χ0n) is 20.3. The Bertz CT molecular complexity index is 1630. The molecule has 0 saturated carbocycles. The number of hydrogen-bond donors (Lipinski definition) is 1. The summed E-state index contributed by atoms with van der Waals surface area (Å²) >= 11 is 12.7. The zero-order chi connectivity index (χ0) is 26.1. The summed E-state index contributed by atoms with van der Waals surface area (Å²) in [6.07, 6.45) is 0. The highest BCUT2D eigenvalue weighted by atomic mass is 35.5. The summed E-state index contributed by atoms with van der Waals surface area (Å²) in [6, 6.07) is 24.9. The first-order valence-corrected chi connectivity index (χ1v) is 12.5. The number of benzene rings is 4. The molecule has 1 aromatic heterocycles. The van der Waals surface area contributed by atoms with Crippen molar-refractivity contribution < 1.29 is 14.6 Å². The fourth-order valence-corrected chi connectivity index (χ4v) is 4.86. The number of carbonyl (C=O) groups is 1. The number of imidazole rings is 1. The number of fused-ring (bicyclic) bond motifs is 1. The highest BCUT2D eigenvalue weighted by molar-refractivity contribution is 6.31. The van der Waals surface area contributed by atoms with E-state index in [4.69, 9.17) is 32.9 Å². The van der Waals surface area contributed by atoms with Crippen LogP contribution in [0.25, 0.3) is 22.2 Å². The number of nitrogens with zero attached hydrogens (tertiary/aromatic N) is 2. The van der Waals surface area contributed by atoms with E-state index < -0.39 is 5.97 Å². The lowest BCUT2D eigenvalue weighted by atomic mass is 10.0. The molecule has 5 nitrogen and oxygen atoms in total. The molecule has 0 fully saturated rings. The third-order valence-electron chi connectivity index (χ3n) is 6.39. The highest BCUT2D eigenvalue weighted by Gasteiger charge is 2.15. The van der Waals surface area contributed by atoms with E-state index in [1.165, 1.54) is 6.07 Å². The second-order valence-corrected chi connectivity index (χ2v) is 9.76. The minimum Gasteiger partial charge on any atom is -0.489 e. The fourth-order valence-electron chi connectivity index (χ4n) is 4.45. The van der Waals surface area contributed by atoms with Crippen LogP contribution in [0.15, 0.2) is 78.9 Å². The van der Waals surface area contributed by atoms with Crippen molar-refractivity contribution in [1.29, 1.82) is 0 Å². The van der Waals surface area contributed by atoms with E-state index in [1.807, 2.05) is 50.2 Å². The maximum atomic E-state index is 11.6. The molecule has 0 bridgehead atoms. The first kappa shape index (κ1) is 24.9. The van der Waals surface area contributed by atoms with Gasteiger partial charge in [0.2, 0.25) is 0 Å². The van der Waals surface area contributed by atoms with Crippen LogP contribution in [0.3, 0.4) is 0 Å². The molecule has 0 amide bonds. The van der Waals surface area contributed by atoms with Gasteiger partial charge >= 0.3 is 5.97 Å². The Balaban J connectivity index is 1.44. The third-order valence-corrected chi connectivity index (χ3v) is 6.98. The number of aryl methyl sites for hydroxylation is 2. The number of aromatic carboxylic acids is 1. The zero-order valence-corrected chi connectivity index (χ0v) is 21.8. The van der Waals surface area contributed by atoms with Gasteiger partial charge < -0.3 is 14.4 Å². The third kappa shape index (κ3) is 5.19. The van der Waals surface area contributed by atoms with Crippen LogP contribution < -0.4 is 4.74 Å². The minimum atomic E-state index is -1.04. The van der Waals surface area contributed by atoms with Gasteiger partial charge in [-0.15, -0.1) is 0 Å². The van der Waals surface area contributed by atoms with E-state index in [0.29, 0.717) is 27.9 Å². The molecule has 5 rings (SSSR count). The summed E-state index contributed by atoms with van der Waals surface area (Å²) in [4.78, 5) is 16.4. The van der Waals surface area contributed by atoms with E-state index in [0.717, 1.165) is 39.1 Å². The summed E-state index contributed by atoms with van der Waals surface area (Å²) < 4.78 is 8.16. The first-order valence-electron chi connectivity index (χ1n) is 11.8. The van der Waals surface area contributed by atoms with Gasteiger partial charge in [0, 0.05) is 21.7 Å². The maximum absolute atomic E-state index is 11.6. The van der Waals surface area contributed by atoms with Crippen molar-refractivity contribution in [3.05, 3.63) is 117 Å². The van der Waals surface area contributed by atoms with E-state index in [-0.39, 0.29) is 12.2 Å². The Morgan fingerprint density at radius 2 is 1.68 bits per heavy atom. The minimum absolute atomic E-state index is 0.101. The highest BCUT2D eigenvalue weighted by Crippen LogP contribution is 2.30. The Morgan fingerprint density at radius 1 is 0.919 bits per heavy atom. The second-order valence-electron chi connectivity index (χ2n) is 8.92. The number of rotatable bonds is 7. The average molecular weight is 531 g/mol. The van der Waals surface area contributed by atoms with Crippen LogP contribution in [0.5, 0.6) is 5.75 Å². The van der Waals surface area contributed by atoms with Crippen LogP contribution in [0.4, 0.5) is 0 Å². The molecule has 1 heterocycles. The molecule has 1 N–H and O–H groups in total. The quantitative estimate of drug-likeness (QED) is 0.232. The van der Waals surface area contributed by atoms with E-state index in [1.54, 1.807) is 12.1 Å². The standard InChI is InChI=1S/C30H24Cl2N2O3/c1-18-12-25(37-17-23-10-11-24(31)14-26(23)30(35)36)15-28-29(18)33-19(2)34(28)16-22-9-8-21(13-27(22)32)20-6-4-3-5-7-20/h3-15H,16-17H2,1-2H3,(H,35,36). The monoisotopic (exact) mass is 530 g/mol. The summed E-state index contributed by atoms with van der Waals surface area (Å²) in [5, 5.41) is 10.6. The van der Waals surface area contributed by atoms with E-state index >= 15 is 0 Å². The van der Waals surface area contributed by atoms with Crippen LogP contribution in [-0.2, 0) is 13.2 Å². The number of halogens is 2. The molecule has 5 aromatic rings. The van der Waals surface area contributed by atoms with Gasteiger partial charge in [-0.25, -0.2) is 9.78 Å². The van der Waals surface area contributed by atoms with Crippen molar-refractivity contribution in [2.75, 3.05) is 0 Å². The van der Waals surface area contributed by atoms with Crippen molar-refractivity contribution in [1.82, 2.24) is 9.55 Å². The number of carboxylic acid groups (broad SMARTS) is 1. The van der Waals surface area contributed by atoms with Gasteiger partial charge in [-0.1, -0.05) is 71.7 Å². The van der Waals surface area contributed by atoms with Gasteiger partial charge in [0.25, 0.3) is 0 Å². The van der Waals surface area contributed by atoms with Crippen molar-refractivity contribution in [3.8, 4) is 16.9 Å². The lowest BCUT2D eigenvalue weighted by molar-refractivity contribution is 0.0694. The van der Waals surface area contributed by atoms with Crippen LogP contribution >= 0.6 is 23.2 Å². The van der Waals surface area contributed by atoms with E-state index in [9.17, 15) is 9.90 Å². The molecule has 7 heteroatoms. The smallest absolute Gasteiger partial charge is 0.336 e. The van der Waals surface area contributed by atoms with Gasteiger partial charge in [0.1, 0.15) is 18.2 Å². The Labute approximate surface area is 224 Å². The van der Waals surface area contributed by atoms with Gasteiger partial charge in [-0.2, -0.15) is 0 Å². The molecule has 37 heavy (non-hydrogen) atoms. The van der Waals surface area contributed by atoms with Crippen molar-refractivity contribution in [3.63, 3.8) is 0 Å². The molecular formula is C30H24Cl2N2O3. The summed E-state index contributed by atoms with van der Waals surface area (Å²) in [7, 11) is 0. The number of carboxylic acids is 1. The SMILES string of the molecule is Cc1cc(OCc2ccc(Cl)cc2C(=O)O)cc2c1nc(C)n2Cc1ccc(-c2ccccc2)cc1Cl. The maximum Gasteiger partial charge on any atom is 0.336 e. The molecule has 4 aromatic carbocycles. The Morgan fingerprint density at radius 3 is 2.41 bits per heavy atom. The summed E-state index contributed by atoms with van der Waals surface area (Å²) in [5.41, 5.74) is 6.61. The Hall–Kier alpha value is -3.80. The average Bonchev–Trinajstić information content (AvgIpc) is 3.20. The number of ether oxygens (including phenoxy) is 1. The summed E-state index contributed by atoms with van der Waals surface area (Å²) in [5.74, 6) is 0.448. The topological polar surface area (TPSA) is 64.3 Å². The van der Waals surface area contributed by atoms with Gasteiger partial charge in [-0.05, 0) is 60.4 Å². The molecule has 0 atom stereocenters. The van der Waals surface area contributed by atoms with E-state index in [2.05, 4.69) is 28.8 Å².